The second kappa shape index (κ2) is 4.59. The summed E-state index contributed by atoms with van der Waals surface area (Å²) in [4.78, 5) is 50.2. The molecule has 4 fully saturated rings. The van der Waals surface area contributed by atoms with E-state index in [1.165, 1.54) is 0 Å². The Balaban J connectivity index is 1.79. The van der Waals surface area contributed by atoms with E-state index in [9.17, 15) is 19.2 Å². The molecule has 0 heterocycles. The van der Waals surface area contributed by atoms with Crippen LogP contribution in [0.25, 0.3) is 0 Å². The molecule has 4 nitrogen and oxygen atoms in total. The Kier molecular flexibility index (Phi) is 2.98. The maximum Gasteiger partial charge on any atom is 0.146 e. The van der Waals surface area contributed by atoms with Crippen LogP contribution >= 0.6 is 0 Å². The van der Waals surface area contributed by atoms with Gasteiger partial charge in [-0.3, -0.25) is 19.2 Å². The van der Waals surface area contributed by atoms with Crippen LogP contribution in [-0.2, 0) is 19.2 Å². The summed E-state index contributed by atoms with van der Waals surface area (Å²) in [6, 6.07) is 0. The molecule has 4 rings (SSSR count). The molecule has 118 valence electrons. The lowest BCUT2D eigenvalue weighted by Crippen LogP contribution is -2.61. The van der Waals surface area contributed by atoms with E-state index < -0.39 is 11.8 Å². The van der Waals surface area contributed by atoms with Gasteiger partial charge in [0.05, 0.1) is 11.8 Å². The molecule has 4 heteroatoms. The highest BCUT2D eigenvalue weighted by molar-refractivity contribution is 6.09. The van der Waals surface area contributed by atoms with E-state index in [1.54, 1.807) is 13.8 Å². The fourth-order valence-electron chi connectivity index (χ4n) is 6.01. The van der Waals surface area contributed by atoms with Crippen molar-refractivity contribution in [2.45, 2.75) is 39.5 Å². The predicted molar refractivity (Wildman–Crippen MR) is 77.8 cm³/mol. The van der Waals surface area contributed by atoms with Crippen LogP contribution in [0.2, 0.25) is 0 Å². The first-order valence-corrected chi connectivity index (χ1v) is 8.58. The van der Waals surface area contributed by atoms with Crippen LogP contribution in [0.3, 0.4) is 0 Å². The highest BCUT2D eigenvalue weighted by Gasteiger charge is 2.62. The number of ketones is 4. The van der Waals surface area contributed by atoms with Crippen LogP contribution in [0.4, 0.5) is 0 Å². The van der Waals surface area contributed by atoms with E-state index in [1.807, 2.05) is 0 Å². The Morgan fingerprint density at radius 1 is 0.545 bits per heavy atom. The molecule has 4 saturated carbocycles. The Hall–Kier alpha value is -1.32. The zero-order valence-corrected chi connectivity index (χ0v) is 13.1. The van der Waals surface area contributed by atoms with Crippen LogP contribution in [0.5, 0.6) is 0 Å². The highest BCUT2D eigenvalue weighted by Crippen LogP contribution is 2.58. The van der Waals surface area contributed by atoms with E-state index >= 15 is 0 Å². The lowest BCUT2D eigenvalue weighted by atomic mass is 9.45. The standard InChI is InChI=1S/C18H22O4/c1-7-15(19)9-3-5-11-14-12(18(22)8(2)17(11)21)6-4-10(13(9)14)16(7)20/h7-14H,3-6H2,1-2H3. The van der Waals surface area contributed by atoms with Crippen molar-refractivity contribution in [1.29, 1.82) is 0 Å². The normalized spacial score (nSPS) is 50.8. The minimum Gasteiger partial charge on any atom is -0.299 e. The predicted octanol–water partition coefficient (Wildman–Crippen LogP) is 1.85. The smallest absolute Gasteiger partial charge is 0.146 e. The third-order valence-corrected chi connectivity index (χ3v) is 7.05. The van der Waals surface area contributed by atoms with Crippen molar-refractivity contribution in [3.63, 3.8) is 0 Å². The number of hydrogen-bond acceptors (Lipinski definition) is 4. The van der Waals surface area contributed by atoms with Gasteiger partial charge in [0.1, 0.15) is 23.1 Å². The van der Waals surface area contributed by atoms with Crippen LogP contribution in [0.15, 0.2) is 0 Å². The molecule has 0 aromatic rings. The van der Waals surface area contributed by atoms with E-state index in [0.717, 1.165) is 25.7 Å². The van der Waals surface area contributed by atoms with Crippen molar-refractivity contribution in [3.8, 4) is 0 Å². The van der Waals surface area contributed by atoms with E-state index in [4.69, 9.17) is 0 Å². The summed E-state index contributed by atoms with van der Waals surface area (Å²) in [6.45, 7) is 3.47. The molecule has 0 amide bonds. The van der Waals surface area contributed by atoms with Gasteiger partial charge in [0.2, 0.25) is 0 Å². The number of Topliss-reactive ketones (excluding diaryl/α,β-unsaturated/α-hetero) is 4. The van der Waals surface area contributed by atoms with Gasteiger partial charge in [0, 0.05) is 23.7 Å². The van der Waals surface area contributed by atoms with Gasteiger partial charge in [-0.2, -0.15) is 0 Å². The van der Waals surface area contributed by atoms with Crippen LogP contribution in [0, 0.1) is 47.3 Å². The second-order valence-electron chi connectivity index (χ2n) is 7.79. The van der Waals surface area contributed by atoms with Crippen LogP contribution in [0.1, 0.15) is 39.5 Å². The largest absolute Gasteiger partial charge is 0.299 e. The molecule has 0 saturated heterocycles. The fourth-order valence-corrected chi connectivity index (χ4v) is 6.01. The number of rotatable bonds is 0. The van der Waals surface area contributed by atoms with Crippen molar-refractivity contribution >= 4 is 23.1 Å². The zero-order valence-electron chi connectivity index (χ0n) is 13.1. The fraction of sp³-hybridized carbons (Fsp3) is 0.778. The average molecular weight is 302 g/mol. The van der Waals surface area contributed by atoms with Crippen LogP contribution < -0.4 is 0 Å². The molecule has 4 atom stereocenters. The number of hydrogen-bond donors (Lipinski definition) is 0. The molecular weight excluding hydrogens is 280 g/mol. The number of carbonyl (C=O) groups is 4. The molecule has 4 aliphatic rings. The second-order valence-corrected chi connectivity index (χ2v) is 7.79. The molecule has 0 spiro atoms. The third kappa shape index (κ3) is 1.59. The van der Waals surface area contributed by atoms with E-state index in [0.29, 0.717) is 0 Å². The number of carbonyl (C=O) groups excluding carboxylic acids is 4. The Morgan fingerprint density at radius 2 is 0.773 bits per heavy atom. The summed E-state index contributed by atoms with van der Waals surface area (Å²) in [5.41, 5.74) is 0. The van der Waals surface area contributed by atoms with Crippen molar-refractivity contribution in [3.05, 3.63) is 0 Å². The molecule has 4 aliphatic carbocycles. The molecule has 22 heavy (non-hydrogen) atoms. The summed E-state index contributed by atoms with van der Waals surface area (Å²) in [7, 11) is 0. The molecule has 0 aliphatic heterocycles. The van der Waals surface area contributed by atoms with Gasteiger partial charge in [-0.25, -0.2) is 0 Å². The van der Waals surface area contributed by atoms with Crippen LogP contribution in [-0.4, -0.2) is 23.1 Å². The van der Waals surface area contributed by atoms with Gasteiger partial charge in [0.15, 0.2) is 0 Å². The Morgan fingerprint density at radius 3 is 1.00 bits per heavy atom. The maximum absolute atomic E-state index is 12.6. The molecule has 4 unspecified atom stereocenters. The van der Waals surface area contributed by atoms with Crippen molar-refractivity contribution in [2.75, 3.05) is 0 Å². The minimum absolute atomic E-state index is 0.0471. The van der Waals surface area contributed by atoms with Gasteiger partial charge < -0.3 is 0 Å². The van der Waals surface area contributed by atoms with Crippen molar-refractivity contribution in [1.82, 2.24) is 0 Å². The highest BCUT2D eigenvalue weighted by atomic mass is 16.2. The quantitative estimate of drug-likeness (QED) is 0.640. The molecular formula is C18H22O4. The summed E-state index contributed by atoms with van der Waals surface area (Å²) < 4.78 is 0. The van der Waals surface area contributed by atoms with E-state index in [2.05, 4.69) is 0 Å². The van der Waals surface area contributed by atoms with E-state index in [-0.39, 0.29) is 58.6 Å². The van der Waals surface area contributed by atoms with Crippen molar-refractivity contribution < 1.29 is 19.2 Å². The first-order chi connectivity index (χ1) is 10.4. The lowest BCUT2D eigenvalue weighted by Gasteiger charge is -2.56. The van der Waals surface area contributed by atoms with Gasteiger partial charge >= 0.3 is 0 Å². The van der Waals surface area contributed by atoms with Gasteiger partial charge in [-0.1, -0.05) is 0 Å². The third-order valence-electron chi connectivity index (χ3n) is 7.05. The Bertz CT molecular complexity index is 492. The topological polar surface area (TPSA) is 68.3 Å². The van der Waals surface area contributed by atoms with Gasteiger partial charge in [-0.05, 0) is 51.4 Å². The minimum atomic E-state index is -0.492. The van der Waals surface area contributed by atoms with Crippen molar-refractivity contribution in [2.24, 2.45) is 47.3 Å². The molecule has 0 N–H and O–H groups in total. The lowest BCUT2D eigenvalue weighted by molar-refractivity contribution is -0.169. The average Bonchev–Trinajstić information content (AvgIpc) is 2.53. The van der Waals surface area contributed by atoms with Gasteiger partial charge in [0.25, 0.3) is 0 Å². The summed E-state index contributed by atoms with van der Waals surface area (Å²) in [5.74, 6) is -1.25. The molecule has 0 radical (unpaired) electrons. The van der Waals surface area contributed by atoms with Gasteiger partial charge in [-0.15, -0.1) is 0 Å². The maximum atomic E-state index is 12.6. The molecule has 0 aromatic heterocycles. The Labute approximate surface area is 130 Å². The molecule has 0 bridgehead atoms. The summed E-state index contributed by atoms with van der Waals surface area (Å²) in [6.07, 6.45) is 2.88. The monoisotopic (exact) mass is 302 g/mol. The first-order valence-electron chi connectivity index (χ1n) is 8.58. The first kappa shape index (κ1) is 14.3. The zero-order chi connectivity index (χ0) is 15.8. The molecule has 0 aromatic carbocycles. The SMILES string of the molecule is CC1C(=O)C2CCC3C(=O)C(C)C(=O)C4CCC(C1=O)C2C34. The summed E-state index contributed by atoms with van der Waals surface area (Å²) >= 11 is 0. The summed E-state index contributed by atoms with van der Waals surface area (Å²) in [5, 5.41) is 0.